The average Bonchev–Trinajstić information content (AvgIpc) is 3.46. The summed E-state index contributed by atoms with van der Waals surface area (Å²) in [7, 11) is 1.64. The van der Waals surface area contributed by atoms with Gasteiger partial charge in [0.25, 0.3) is 11.8 Å². The molecule has 0 aromatic heterocycles. The molecule has 1 saturated heterocycles. The van der Waals surface area contributed by atoms with E-state index >= 15 is 0 Å². The minimum absolute atomic E-state index is 0.0847. The number of para-hydroxylation sites is 3. The van der Waals surface area contributed by atoms with Crippen LogP contribution in [0.3, 0.4) is 0 Å². The van der Waals surface area contributed by atoms with E-state index in [-0.39, 0.29) is 30.3 Å². The second-order valence-electron chi connectivity index (χ2n) is 13.3. The number of aliphatic hydroxyl groups excluding tert-OH is 1. The third kappa shape index (κ3) is 4.65. The summed E-state index contributed by atoms with van der Waals surface area (Å²) in [4.78, 5) is 32.5. The number of hydrogen-bond donors (Lipinski definition) is 1. The van der Waals surface area contributed by atoms with Gasteiger partial charge in [0, 0.05) is 36.2 Å². The number of methoxy groups -OCH3 is 1. The molecular weight excluding hydrogens is 604 g/mol. The Labute approximate surface area is 281 Å². The zero-order valence-electron chi connectivity index (χ0n) is 27.7. The van der Waals surface area contributed by atoms with Gasteiger partial charge in [-0.1, -0.05) is 63.2 Å². The number of nitrogens with zero attached hydrogens (tertiary/aromatic N) is 2. The van der Waals surface area contributed by atoms with Crippen LogP contribution < -0.4 is 19.3 Å². The van der Waals surface area contributed by atoms with Crippen LogP contribution >= 0.6 is 0 Å². The highest BCUT2D eigenvalue weighted by Crippen LogP contribution is 2.60. The summed E-state index contributed by atoms with van der Waals surface area (Å²) in [5.74, 6) is 0.916. The van der Waals surface area contributed by atoms with E-state index in [1.807, 2.05) is 66.7 Å². The zero-order chi connectivity index (χ0) is 33.8. The fourth-order valence-electron chi connectivity index (χ4n) is 8.21. The van der Waals surface area contributed by atoms with E-state index in [0.29, 0.717) is 52.7 Å². The van der Waals surface area contributed by atoms with Crippen LogP contribution in [-0.2, 0) is 20.5 Å². The predicted octanol–water partition coefficient (Wildman–Crippen LogP) is 7.52. The van der Waals surface area contributed by atoms with Crippen LogP contribution in [0.1, 0.15) is 48.7 Å². The molecule has 7 rings (SSSR count). The van der Waals surface area contributed by atoms with Gasteiger partial charge >= 0.3 is 0 Å². The number of aliphatic hydroxyl groups is 1. The summed E-state index contributed by atoms with van der Waals surface area (Å²) < 4.78 is 18.7. The van der Waals surface area contributed by atoms with Gasteiger partial charge in [-0.15, -0.1) is 6.58 Å². The maximum absolute atomic E-state index is 14.8. The first-order valence-corrected chi connectivity index (χ1v) is 16.4. The molecule has 4 aromatic carbocycles. The van der Waals surface area contributed by atoms with E-state index in [1.165, 1.54) is 0 Å². The molecule has 3 aliphatic heterocycles. The Morgan fingerprint density at radius 2 is 1.67 bits per heavy atom. The van der Waals surface area contributed by atoms with Crippen molar-refractivity contribution in [3.8, 4) is 17.2 Å². The van der Waals surface area contributed by atoms with Crippen LogP contribution in [0.2, 0.25) is 0 Å². The van der Waals surface area contributed by atoms with E-state index in [0.717, 1.165) is 11.3 Å². The minimum Gasteiger partial charge on any atom is -0.497 e. The Hall–Kier alpha value is -4.92. The van der Waals surface area contributed by atoms with E-state index in [9.17, 15) is 14.7 Å². The molecule has 1 N–H and O–H groups in total. The van der Waals surface area contributed by atoms with Crippen molar-refractivity contribution in [1.82, 2.24) is 0 Å². The molecule has 2 amide bonds. The van der Waals surface area contributed by atoms with E-state index < -0.39 is 17.1 Å². The Morgan fingerprint density at radius 3 is 2.38 bits per heavy atom. The van der Waals surface area contributed by atoms with Gasteiger partial charge in [-0.25, -0.2) is 0 Å². The molecule has 1 fully saturated rings. The Kier molecular flexibility index (Phi) is 7.89. The van der Waals surface area contributed by atoms with Crippen LogP contribution in [0, 0.1) is 11.8 Å². The summed E-state index contributed by atoms with van der Waals surface area (Å²) in [5, 5.41) is 10.2. The molecule has 0 saturated carbocycles. The molecule has 246 valence electrons. The van der Waals surface area contributed by atoms with Crippen molar-refractivity contribution >= 4 is 28.9 Å². The number of benzene rings is 4. The Morgan fingerprint density at radius 1 is 0.958 bits per heavy atom. The summed E-state index contributed by atoms with van der Waals surface area (Å²) in [6.07, 6.45) is 1.65. The lowest BCUT2D eigenvalue weighted by atomic mass is 9.63. The highest BCUT2D eigenvalue weighted by Gasteiger charge is 2.65. The highest BCUT2D eigenvalue weighted by atomic mass is 16.5. The van der Waals surface area contributed by atoms with Crippen LogP contribution in [-0.4, -0.2) is 43.3 Å². The van der Waals surface area contributed by atoms with Crippen LogP contribution in [0.5, 0.6) is 17.2 Å². The molecule has 4 atom stereocenters. The molecule has 3 aliphatic rings. The van der Waals surface area contributed by atoms with Gasteiger partial charge in [0.15, 0.2) is 11.4 Å². The van der Waals surface area contributed by atoms with Crippen LogP contribution in [0.25, 0.3) is 0 Å². The van der Waals surface area contributed by atoms with Gasteiger partial charge in [0.1, 0.15) is 11.5 Å². The van der Waals surface area contributed by atoms with Gasteiger partial charge in [-0.3, -0.25) is 14.5 Å². The topological polar surface area (TPSA) is 88.5 Å². The monoisotopic (exact) mass is 644 g/mol. The number of fused-ring (bicyclic) bond motifs is 4. The maximum atomic E-state index is 14.8. The first-order chi connectivity index (χ1) is 23.2. The van der Waals surface area contributed by atoms with Crippen molar-refractivity contribution in [2.24, 2.45) is 11.8 Å². The normalized spacial score (nSPS) is 23.0. The molecular formula is C40H40N2O6. The van der Waals surface area contributed by atoms with Crippen molar-refractivity contribution in [2.75, 3.05) is 30.1 Å². The van der Waals surface area contributed by atoms with Gasteiger partial charge in [0.2, 0.25) is 0 Å². The number of amides is 2. The smallest absolute Gasteiger partial charge is 0.266 e. The Balaban J connectivity index is 1.39. The van der Waals surface area contributed by atoms with Crippen molar-refractivity contribution in [3.05, 3.63) is 120 Å². The number of ether oxygens (including phenoxy) is 3. The second-order valence-corrected chi connectivity index (χ2v) is 13.3. The summed E-state index contributed by atoms with van der Waals surface area (Å²) >= 11 is 0. The maximum Gasteiger partial charge on any atom is 0.266 e. The number of carbonyl (C=O) groups excluding carboxylic acids is 2. The molecule has 8 heteroatoms. The summed E-state index contributed by atoms with van der Waals surface area (Å²) in [6, 6.07) is 28.3. The largest absolute Gasteiger partial charge is 0.497 e. The molecule has 0 unspecified atom stereocenters. The van der Waals surface area contributed by atoms with Crippen LogP contribution in [0.4, 0.5) is 17.1 Å². The molecule has 0 radical (unpaired) electrons. The third-order valence-corrected chi connectivity index (χ3v) is 10.4. The van der Waals surface area contributed by atoms with Gasteiger partial charge in [-0.05, 0) is 72.0 Å². The van der Waals surface area contributed by atoms with E-state index in [2.05, 4.69) is 39.5 Å². The quantitative estimate of drug-likeness (QED) is 0.200. The average molecular weight is 645 g/mol. The number of rotatable bonds is 8. The van der Waals surface area contributed by atoms with Crippen LogP contribution in [0.15, 0.2) is 104 Å². The molecule has 0 bridgehead atoms. The van der Waals surface area contributed by atoms with Gasteiger partial charge in [0.05, 0.1) is 30.2 Å². The van der Waals surface area contributed by atoms with Crippen molar-refractivity contribution in [1.29, 1.82) is 0 Å². The minimum atomic E-state index is -1.36. The highest BCUT2D eigenvalue weighted by molar-refractivity contribution is 6.15. The van der Waals surface area contributed by atoms with E-state index in [1.54, 1.807) is 35.1 Å². The molecule has 48 heavy (non-hydrogen) atoms. The lowest BCUT2D eigenvalue weighted by Gasteiger charge is -2.38. The van der Waals surface area contributed by atoms with Crippen molar-refractivity contribution in [3.63, 3.8) is 0 Å². The third-order valence-electron chi connectivity index (χ3n) is 10.4. The first kappa shape index (κ1) is 31.7. The van der Waals surface area contributed by atoms with Crippen molar-refractivity contribution in [2.45, 2.75) is 44.3 Å². The zero-order valence-corrected chi connectivity index (χ0v) is 27.7. The number of carbonyl (C=O) groups is 2. The fraction of sp³-hybridized carbons (Fsp3) is 0.300. The lowest BCUT2D eigenvalue weighted by Crippen LogP contribution is -2.46. The predicted molar refractivity (Wildman–Crippen MR) is 185 cm³/mol. The SMILES string of the molecule is C=CCN1C(=O)[C@]2(O[C@H](CCO)[C@@H](C(C)(C)c3ccc(OC)cc3)[C@@H]2C)c2cc(N3C(=O)c4ccccc4Oc4ccccc43)ccc21. The number of anilines is 3. The van der Waals surface area contributed by atoms with Crippen molar-refractivity contribution < 1.29 is 28.9 Å². The molecule has 4 aromatic rings. The summed E-state index contributed by atoms with van der Waals surface area (Å²) in [6.45, 7) is 10.6. The molecule has 8 nitrogen and oxygen atoms in total. The lowest BCUT2D eigenvalue weighted by molar-refractivity contribution is -0.146. The standard InChI is InChI=1S/C40H40N2O6/c1-6-22-41-31-20-17-27(42-32-12-8-10-14-34(32)47-33-13-9-7-11-29(33)37(42)44)24-30(31)40(38(41)45)25(2)36(35(48-40)21-23-43)39(3,4)26-15-18-28(46-5)19-16-26/h6-20,24-25,35-36,43H,1,21-23H2,2-5H3/t25-,35+,36-,40+/m0/s1. The van der Waals surface area contributed by atoms with Gasteiger partial charge in [-0.2, -0.15) is 0 Å². The first-order valence-electron chi connectivity index (χ1n) is 16.4. The van der Waals surface area contributed by atoms with Gasteiger partial charge < -0.3 is 24.2 Å². The number of hydrogen-bond acceptors (Lipinski definition) is 6. The van der Waals surface area contributed by atoms with E-state index in [4.69, 9.17) is 14.2 Å². The Bertz CT molecular complexity index is 1900. The molecule has 0 aliphatic carbocycles. The fourth-order valence-corrected chi connectivity index (χ4v) is 8.21. The molecule has 1 spiro atoms. The second kappa shape index (κ2) is 12.0. The summed E-state index contributed by atoms with van der Waals surface area (Å²) in [5.41, 5.74) is 2.31. The molecule has 3 heterocycles.